The standard InChI is InChI=1S/C14H21NO2/c16-12-7-5-11(6-8-12)9-10-15-13-3-1-2-4-14(13)17/h5-8,13-17H,1-4,9-10H2/t13-,14-/m0/s1. The molecule has 0 unspecified atom stereocenters. The lowest BCUT2D eigenvalue weighted by Crippen LogP contribution is -2.42. The highest BCUT2D eigenvalue weighted by Crippen LogP contribution is 2.18. The first-order chi connectivity index (χ1) is 8.25. The number of benzene rings is 1. The fraction of sp³-hybridized carbons (Fsp3) is 0.571. The number of aliphatic hydroxyl groups excluding tert-OH is 1. The van der Waals surface area contributed by atoms with Gasteiger partial charge in [0.1, 0.15) is 5.75 Å². The number of aliphatic hydroxyl groups is 1. The maximum atomic E-state index is 9.81. The minimum absolute atomic E-state index is 0.177. The Hall–Kier alpha value is -1.06. The Labute approximate surface area is 102 Å². The predicted octanol–water partition coefficient (Wildman–Crippen LogP) is 1.83. The maximum absolute atomic E-state index is 9.81. The van der Waals surface area contributed by atoms with E-state index in [2.05, 4.69) is 5.32 Å². The highest BCUT2D eigenvalue weighted by Gasteiger charge is 2.21. The van der Waals surface area contributed by atoms with Crippen LogP contribution < -0.4 is 5.32 Å². The molecular formula is C14H21NO2. The quantitative estimate of drug-likeness (QED) is 0.746. The molecule has 3 N–H and O–H groups in total. The normalized spacial score (nSPS) is 24.8. The number of nitrogens with one attached hydrogen (secondary N) is 1. The number of aromatic hydroxyl groups is 1. The molecule has 0 bridgehead atoms. The molecule has 3 heteroatoms. The van der Waals surface area contributed by atoms with Gasteiger partial charge in [-0.15, -0.1) is 0 Å². The summed E-state index contributed by atoms with van der Waals surface area (Å²) in [5.74, 6) is 0.310. The van der Waals surface area contributed by atoms with Gasteiger partial charge in [0, 0.05) is 6.04 Å². The van der Waals surface area contributed by atoms with Crippen LogP contribution in [0.4, 0.5) is 0 Å². The summed E-state index contributed by atoms with van der Waals surface area (Å²) in [6.45, 7) is 0.881. The second-order valence-electron chi connectivity index (χ2n) is 4.83. The molecular weight excluding hydrogens is 214 g/mol. The van der Waals surface area contributed by atoms with E-state index in [0.29, 0.717) is 5.75 Å². The van der Waals surface area contributed by atoms with E-state index >= 15 is 0 Å². The summed E-state index contributed by atoms with van der Waals surface area (Å²) in [7, 11) is 0. The molecule has 1 fully saturated rings. The summed E-state index contributed by atoms with van der Waals surface area (Å²) in [5.41, 5.74) is 1.21. The summed E-state index contributed by atoms with van der Waals surface area (Å²) in [6, 6.07) is 7.57. The van der Waals surface area contributed by atoms with Crippen LogP contribution in [0.5, 0.6) is 5.75 Å². The van der Waals surface area contributed by atoms with Crippen LogP contribution in [0.15, 0.2) is 24.3 Å². The third-order valence-corrected chi connectivity index (χ3v) is 3.49. The van der Waals surface area contributed by atoms with E-state index in [1.807, 2.05) is 12.1 Å². The van der Waals surface area contributed by atoms with Crippen LogP contribution in [-0.4, -0.2) is 28.9 Å². The van der Waals surface area contributed by atoms with Crippen molar-refractivity contribution in [2.45, 2.75) is 44.2 Å². The first-order valence-electron chi connectivity index (χ1n) is 6.45. The monoisotopic (exact) mass is 235 g/mol. The van der Waals surface area contributed by atoms with Gasteiger partial charge >= 0.3 is 0 Å². The van der Waals surface area contributed by atoms with Crippen molar-refractivity contribution in [1.29, 1.82) is 0 Å². The van der Waals surface area contributed by atoms with Crippen LogP contribution in [0, 0.1) is 0 Å². The molecule has 1 aliphatic rings. The summed E-state index contributed by atoms with van der Waals surface area (Å²) < 4.78 is 0. The Balaban J connectivity index is 1.73. The molecule has 0 saturated heterocycles. The zero-order valence-corrected chi connectivity index (χ0v) is 10.1. The van der Waals surface area contributed by atoms with Gasteiger partial charge in [-0.2, -0.15) is 0 Å². The van der Waals surface area contributed by atoms with Gasteiger partial charge < -0.3 is 15.5 Å². The molecule has 0 aromatic heterocycles. The Morgan fingerprint density at radius 2 is 1.82 bits per heavy atom. The van der Waals surface area contributed by atoms with Crippen molar-refractivity contribution >= 4 is 0 Å². The molecule has 0 amide bonds. The van der Waals surface area contributed by atoms with E-state index in [1.165, 1.54) is 12.0 Å². The highest BCUT2D eigenvalue weighted by molar-refractivity contribution is 5.25. The second-order valence-corrected chi connectivity index (χ2v) is 4.83. The van der Waals surface area contributed by atoms with Crippen LogP contribution in [0.25, 0.3) is 0 Å². The van der Waals surface area contributed by atoms with Gasteiger partial charge in [-0.1, -0.05) is 25.0 Å². The largest absolute Gasteiger partial charge is 0.508 e. The Morgan fingerprint density at radius 1 is 1.12 bits per heavy atom. The molecule has 0 heterocycles. The Kier molecular flexibility index (Phi) is 4.40. The molecule has 1 aromatic rings. The third kappa shape index (κ3) is 3.72. The van der Waals surface area contributed by atoms with Gasteiger partial charge in [-0.3, -0.25) is 0 Å². The average Bonchev–Trinajstić information content (AvgIpc) is 2.34. The lowest BCUT2D eigenvalue weighted by molar-refractivity contribution is 0.0914. The van der Waals surface area contributed by atoms with E-state index in [1.54, 1.807) is 12.1 Å². The fourth-order valence-electron chi connectivity index (χ4n) is 2.41. The van der Waals surface area contributed by atoms with Crippen LogP contribution in [0.3, 0.4) is 0 Å². The number of rotatable bonds is 4. The number of phenolic OH excluding ortho intramolecular Hbond substituents is 1. The van der Waals surface area contributed by atoms with E-state index in [0.717, 1.165) is 32.2 Å². The number of phenols is 1. The summed E-state index contributed by atoms with van der Waals surface area (Å²) in [4.78, 5) is 0. The van der Waals surface area contributed by atoms with Gasteiger partial charge in [-0.05, 0) is 43.5 Å². The maximum Gasteiger partial charge on any atom is 0.115 e. The molecule has 3 nitrogen and oxygen atoms in total. The van der Waals surface area contributed by atoms with Crippen molar-refractivity contribution in [3.63, 3.8) is 0 Å². The van der Waals surface area contributed by atoms with Gasteiger partial charge in [0.05, 0.1) is 6.10 Å². The van der Waals surface area contributed by atoms with Gasteiger partial charge in [-0.25, -0.2) is 0 Å². The second kappa shape index (κ2) is 6.03. The SMILES string of the molecule is Oc1ccc(CCN[C@H]2CCCC[C@@H]2O)cc1. The Morgan fingerprint density at radius 3 is 2.53 bits per heavy atom. The van der Waals surface area contributed by atoms with E-state index in [-0.39, 0.29) is 12.1 Å². The smallest absolute Gasteiger partial charge is 0.115 e. The Bertz CT molecular complexity index is 337. The van der Waals surface area contributed by atoms with Crippen molar-refractivity contribution in [3.05, 3.63) is 29.8 Å². The molecule has 1 saturated carbocycles. The van der Waals surface area contributed by atoms with Crippen molar-refractivity contribution < 1.29 is 10.2 Å². The molecule has 0 aliphatic heterocycles. The van der Waals surface area contributed by atoms with Crippen LogP contribution in [0.2, 0.25) is 0 Å². The molecule has 94 valence electrons. The first kappa shape index (κ1) is 12.4. The van der Waals surface area contributed by atoms with Crippen molar-refractivity contribution in [2.75, 3.05) is 6.54 Å². The van der Waals surface area contributed by atoms with Crippen LogP contribution >= 0.6 is 0 Å². The van der Waals surface area contributed by atoms with Crippen LogP contribution in [-0.2, 0) is 6.42 Å². The van der Waals surface area contributed by atoms with Crippen molar-refractivity contribution in [1.82, 2.24) is 5.32 Å². The van der Waals surface area contributed by atoms with Crippen LogP contribution in [0.1, 0.15) is 31.2 Å². The minimum atomic E-state index is -0.177. The van der Waals surface area contributed by atoms with Gasteiger partial charge in [0.15, 0.2) is 0 Å². The first-order valence-corrected chi connectivity index (χ1v) is 6.45. The zero-order valence-electron chi connectivity index (χ0n) is 10.1. The van der Waals surface area contributed by atoms with Crippen molar-refractivity contribution in [2.24, 2.45) is 0 Å². The number of hydrogen-bond donors (Lipinski definition) is 3. The van der Waals surface area contributed by atoms with Crippen molar-refractivity contribution in [3.8, 4) is 5.75 Å². The number of hydrogen-bond acceptors (Lipinski definition) is 3. The molecule has 0 spiro atoms. The van der Waals surface area contributed by atoms with E-state index < -0.39 is 0 Å². The molecule has 1 aliphatic carbocycles. The third-order valence-electron chi connectivity index (χ3n) is 3.49. The lowest BCUT2D eigenvalue weighted by Gasteiger charge is -2.28. The van der Waals surface area contributed by atoms with E-state index in [9.17, 15) is 10.2 Å². The van der Waals surface area contributed by atoms with E-state index in [4.69, 9.17) is 0 Å². The lowest BCUT2D eigenvalue weighted by atomic mass is 9.92. The average molecular weight is 235 g/mol. The topological polar surface area (TPSA) is 52.5 Å². The zero-order chi connectivity index (χ0) is 12.1. The minimum Gasteiger partial charge on any atom is -0.508 e. The predicted molar refractivity (Wildman–Crippen MR) is 68.1 cm³/mol. The van der Waals surface area contributed by atoms with Gasteiger partial charge in [0.25, 0.3) is 0 Å². The fourth-order valence-corrected chi connectivity index (χ4v) is 2.41. The molecule has 17 heavy (non-hydrogen) atoms. The highest BCUT2D eigenvalue weighted by atomic mass is 16.3. The summed E-state index contributed by atoms with van der Waals surface area (Å²) >= 11 is 0. The summed E-state index contributed by atoms with van der Waals surface area (Å²) in [6.07, 6.45) is 5.13. The molecule has 1 aromatic carbocycles. The summed E-state index contributed by atoms with van der Waals surface area (Å²) in [5, 5.41) is 22.4. The molecule has 0 radical (unpaired) electrons. The molecule has 2 rings (SSSR count). The van der Waals surface area contributed by atoms with Gasteiger partial charge in [0.2, 0.25) is 0 Å². The molecule has 2 atom stereocenters.